The van der Waals surface area contributed by atoms with Crippen molar-refractivity contribution in [2.24, 2.45) is 5.92 Å². The van der Waals surface area contributed by atoms with Gasteiger partial charge in [0.15, 0.2) is 0 Å². The summed E-state index contributed by atoms with van der Waals surface area (Å²) in [5.41, 5.74) is 11.6. The van der Waals surface area contributed by atoms with Gasteiger partial charge < -0.3 is 14.7 Å². The third-order valence-corrected chi connectivity index (χ3v) is 14.2. The van der Waals surface area contributed by atoms with E-state index in [1.54, 1.807) is 0 Å². The van der Waals surface area contributed by atoms with Crippen molar-refractivity contribution in [3.8, 4) is 17.2 Å². The molecule has 7 nitrogen and oxygen atoms in total. The standard InChI is InChI=1S/C57H41N7/c1-7-24-46-36(16-1)37-17-2-8-25-47(37)61(46)52-30-13-22-44(58-52)45-23-14-31-53(59-45)63-50-28-11-5-20-40(50)42-34-35-43-41-21-6-12-29-51(41)64(57(43)56(42)63)55-33-15-32-54(60-55)62-48-26-9-3-18-38(48)39-19-4-10-27-49(39)62/h1-36,41-42,46,51,56H. The Hall–Kier alpha value is -8.03. The van der Waals surface area contributed by atoms with Crippen molar-refractivity contribution in [3.63, 3.8) is 0 Å². The molecule has 0 amide bonds. The van der Waals surface area contributed by atoms with Crippen LogP contribution in [0.1, 0.15) is 23.0 Å². The van der Waals surface area contributed by atoms with Crippen LogP contribution in [0.25, 0.3) is 39.0 Å². The van der Waals surface area contributed by atoms with Gasteiger partial charge in [-0.1, -0.05) is 152 Å². The lowest BCUT2D eigenvalue weighted by Crippen LogP contribution is -2.42. The summed E-state index contributed by atoms with van der Waals surface area (Å²) in [6.45, 7) is 0. The highest BCUT2D eigenvalue weighted by atomic mass is 15.3. The molecule has 0 saturated carbocycles. The zero-order valence-corrected chi connectivity index (χ0v) is 34.8. The summed E-state index contributed by atoms with van der Waals surface area (Å²) in [5.74, 6) is 4.22. The average Bonchev–Trinajstić information content (AvgIpc) is 4.09. The quantitative estimate of drug-likeness (QED) is 0.172. The van der Waals surface area contributed by atoms with Crippen molar-refractivity contribution in [1.29, 1.82) is 0 Å². The number of pyridine rings is 3. The zero-order chi connectivity index (χ0) is 41.9. The van der Waals surface area contributed by atoms with Crippen LogP contribution < -0.4 is 14.7 Å². The second-order valence-electron chi connectivity index (χ2n) is 17.5. The molecular weight excluding hydrogens is 783 g/mol. The summed E-state index contributed by atoms with van der Waals surface area (Å²) in [5, 5.41) is 2.45. The van der Waals surface area contributed by atoms with Crippen LogP contribution in [0.5, 0.6) is 0 Å². The molecule has 7 heterocycles. The average molecular weight is 824 g/mol. The summed E-state index contributed by atoms with van der Waals surface area (Å²) in [7, 11) is 0. The molecule has 6 unspecified atom stereocenters. The van der Waals surface area contributed by atoms with Gasteiger partial charge in [0.1, 0.15) is 23.3 Å². The van der Waals surface area contributed by atoms with Crippen molar-refractivity contribution in [3.05, 3.63) is 235 Å². The molecule has 8 aromatic rings. The SMILES string of the molecule is C1=CC2C3=C(C4C(C=C3)c3ccccc3N4c3cccc(-c4cccc(N5c6ccccc6C6C=CC=CC65)n4)n3)N(c3cccc(-n4c5ccccc5c5ccccc54)n3)C2C=C1. The minimum absolute atomic E-state index is 0.0604. The molecule has 0 spiro atoms. The van der Waals surface area contributed by atoms with E-state index in [4.69, 9.17) is 15.0 Å². The van der Waals surface area contributed by atoms with Gasteiger partial charge in [-0.05, 0) is 77.4 Å². The van der Waals surface area contributed by atoms with E-state index < -0.39 is 0 Å². The lowest BCUT2D eigenvalue weighted by Gasteiger charge is -2.38. The fourth-order valence-corrected chi connectivity index (χ4v) is 11.6. The van der Waals surface area contributed by atoms with Gasteiger partial charge in [-0.15, -0.1) is 0 Å². The maximum absolute atomic E-state index is 5.59. The number of allylic oxidation sites excluding steroid dienone is 5. The fourth-order valence-electron chi connectivity index (χ4n) is 11.6. The molecule has 7 heteroatoms. The van der Waals surface area contributed by atoms with Crippen LogP contribution in [0.4, 0.5) is 28.8 Å². The molecular formula is C57H41N7. The number of nitrogens with zero attached hydrogens (tertiary/aromatic N) is 7. The first-order valence-electron chi connectivity index (χ1n) is 22.4. The number of benzene rings is 4. The van der Waals surface area contributed by atoms with Crippen LogP contribution >= 0.6 is 0 Å². The molecule has 14 rings (SSSR count). The van der Waals surface area contributed by atoms with Gasteiger partial charge in [-0.2, -0.15) is 0 Å². The topological polar surface area (TPSA) is 53.3 Å². The van der Waals surface area contributed by atoms with Crippen molar-refractivity contribution in [1.82, 2.24) is 19.5 Å². The van der Waals surface area contributed by atoms with Crippen molar-refractivity contribution >= 4 is 50.6 Å². The normalized spacial score (nSPS) is 23.2. The minimum Gasteiger partial charge on any atom is -0.320 e. The third kappa shape index (κ3) is 5.06. The summed E-state index contributed by atoms with van der Waals surface area (Å²) in [6, 6.07) is 54.3. The Morgan fingerprint density at radius 2 is 0.891 bits per heavy atom. The number of hydrogen-bond donors (Lipinski definition) is 0. The zero-order valence-electron chi connectivity index (χ0n) is 34.8. The predicted octanol–water partition coefficient (Wildman–Crippen LogP) is 12.4. The van der Waals surface area contributed by atoms with Gasteiger partial charge in [-0.25, -0.2) is 15.0 Å². The van der Waals surface area contributed by atoms with Crippen LogP contribution in [-0.2, 0) is 0 Å². The largest absolute Gasteiger partial charge is 0.320 e. The minimum atomic E-state index is -0.0604. The van der Waals surface area contributed by atoms with Crippen molar-refractivity contribution in [2.75, 3.05) is 14.7 Å². The molecule has 6 aliphatic rings. The lowest BCUT2D eigenvalue weighted by atomic mass is 9.83. The molecule has 0 radical (unpaired) electrons. The molecule has 0 fully saturated rings. The second kappa shape index (κ2) is 13.7. The Labute approximate surface area is 371 Å². The number of rotatable bonds is 5. The van der Waals surface area contributed by atoms with E-state index >= 15 is 0 Å². The second-order valence-corrected chi connectivity index (χ2v) is 17.5. The van der Waals surface area contributed by atoms with Gasteiger partial charge >= 0.3 is 0 Å². The molecule has 304 valence electrons. The van der Waals surface area contributed by atoms with Crippen LogP contribution in [0.3, 0.4) is 0 Å². The molecule has 4 aromatic heterocycles. The maximum atomic E-state index is 5.59. The van der Waals surface area contributed by atoms with Gasteiger partial charge in [-0.3, -0.25) is 4.57 Å². The van der Waals surface area contributed by atoms with Crippen molar-refractivity contribution < 1.29 is 0 Å². The van der Waals surface area contributed by atoms with E-state index in [-0.39, 0.29) is 35.9 Å². The summed E-state index contributed by atoms with van der Waals surface area (Å²) >= 11 is 0. The maximum Gasteiger partial charge on any atom is 0.140 e. The lowest BCUT2D eigenvalue weighted by molar-refractivity contribution is 0.647. The highest BCUT2D eigenvalue weighted by molar-refractivity contribution is 6.09. The summed E-state index contributed by atoms with van der Waals surface area (Å²) < 4.78 is 2.32. The molecule has 3 aliphatic heterocycles. The molecule has 6 atom stereocenters. The first-order valence-corrected chi connectivity index (χ1v) is 22.4. The Morgan fingerprint density at radius 1 is 0.375 bits per heavy atom. The molecule has 3 aliphatic carbocycles. The molecule has 64 heavy (non-hydrogen) atoms. The highest BCUT2D eigenvalue weighted by Crippen LogP contribution is 2.56. The molecule has 0 bridgehead atoms. The van der Waals surface area contributed by atoms with Crippen LogP contribution in [0.2, 0.25) is 0 Å². The first-order chi connectivity index (χ1) is 31.8. The Bertz CT molecular complexity index is 3390. The number of anilines is 5. The number of para-hydroxylation sites is 4. The number of fused-ring (bicyclic) bond motifs is 12. The Morgan fingerprint density at radius 3 is 1.59 bits per heavy atom. The monoisotopic (exact) mass is 823 g/mol. The number of hydrogen-bond acceptors (Lipinski definition) is 6. The summed E-state index contributed by atoms with van der Waals surface area (Å²) in [6.07, 6.45) is 22.9. The van der Waals surface area contributed by atoms with E-state index in [1.165, 1.54) is 44.5 Å². The molecule has 4 aromatic carbocycles. The predicted molar refractivity (Wildman–Crippen MR) is 259 cm³/mol. The van der Waals surface area contributed by atoms with Gasteiger partial charge in [0.25, 0.3) is 0 Å². The fraction of sp³-hybridized carbons (Fsp3) is 0.105. The van der Waals surface area contributed by atoms with Crippen LogP contribution in [-0.4, -0.2) is 37.6 Å². The molecule has 0 saturated heterocycles. The van der Waals surface area contributed by atoms with E-state index in [0.29, 0.717) is 0 Å². The number of aromatic nitrogens is 4. The Kier molecular flexibility index (Phi) is 7.63. The van der Waals surface area contributed by atoms with E-state index in [2.05, 4.69) is 232 Å². The van der Waals surface area contributed by atoms with E-state index in [9.17, 15) is 0 Å². The van der Waals surface area contributed by atoms with Crippen LogP contribution in [0, 0.1) is 5.92 Å². The van der Waals surface area contributed by atoms with Gasteiger partial charge in [0, 0.05) is 45.6 Å². The summed E-state index contributed by atoms with van der Waals surface area (Å²) in [4.78, 5) is 23.9. The van der Waals surface area contributed by atoms with E-state index in [1.807, 2.05) is 0 Å². The highest BCUT2D eigenvalue weighted by Gasteiger charge is 2.51. The van der Waals surface area contributed by atoms with Gasteiger partial charge in [0.2, 0.25) is 0 Å². The van der Waals surface area contributed by atoms with Crippen molar-refractivity contribution in [2.45, 2.75) is 30.0 Å². The van der Waals surface area contributed by atoms with Gasteiger partial charge in [0.05, 0.1) is 40.5 Å². The van der Waals surface area contributed by atoms with E-state index in [0.717, 1.165) is 45.7 Å². The smallest absolute Gasteiger partial charge is 0.140 e. The Balaban J connectivity index is 0.892. The third-order valence-electron chi connectivity index (χ3n) is 14.2. The first kappa shape index (κ1) is 35.6. The molecule has 0 N–H and O–H groups in total. The van der Waals surface area contributed by atoms with Crippen LogP contribution in [0.15, 0.2) is 224 Å².